The van der Waals surface area contributed by atoms with Gasteiger partial charge in [-0.1, -0.05) is 17.7 Å². The Kier molecular flexibility index (Phi) is 7.70. The number of amides is 1. The number of phenols is 1. The van der Waals surface area contributed by atoms with E-state index < -0.39 is 5.91 Å². The van der Waals surface area contributed by atoms with E-state index in [4.69, 9.17) is 21.1 Å². The molecule has 0 aliphatic carbocycles. The van der Waals surface area contributed by atoms with E-state index in [0.29, 0.717) is 40.6 Å². The summed E-state index contributed by atoms with van der Waals surface area (Å²) in [7, 11) is 1.47. The van der Waals surface area contributed by atoms with Crippen LogP contribution in [-0.4, -0.2) is 24.7 Å². The lowest BCUT2D eigenvalue weighted by Crippen LogP contribution is -2.14. The molecule has 6 nitrogen and oxygen atoms in total. The van der Waals surface area contributed by atoms with Crippen LogP contribution in [0.3, 0.4) is 0 Å². The van der Waals surface area contributed by atoms with Crippen LogP contribution in [0.15, 0.2) is 48.6 Å². The molecule has 2 N–H and O–H groups in total. The van der Waals surface area contributed by atoms with Crippen LogP contribution in [-0.2, 0) is 11.2 Å². The average molecular weight is 413 g/mol. The standard InChI is InChI=1S/C22H21ClN2O4/c1-4-6-15-9-14(11-20(21(15)26)29-5-2)10-16(13-24)22(27)25-18-12-17(23)7-8-19(18)28-3/h4,7-12,26H,1,5-6H2,2-3H3,(H,25,27)/b16-10+. The van der Waals surface area contributed by atoms with Gasteiger partial charge in [-0.2, -0.15) is 5.26 Å². The molecule has 0 aromatic heterocycles. The van der Waals surface area contributed by atoms with E-state index >= 15 is 0 Å². The van der Waals surface area contributed by atoms with Gasteiger partial charge >= 0.3 is 0 Å². The number of ether oxygens (including phenoxy) is 2. The molecule has 2 rings (SSSR count). The number of nitrogens with one attached hydrogen (secondary N) is 1. The molecule has 0 aliphatic rings. The number of benzene rings is 2. The first kappa shape index (κ1) is 21.9. The Morgan fingerprint density at radius 1 is 1.34 bits per heavy atom. The third-order valence-corrected chi connectivity index (χ3v) is 4.16. The van der Waals surface area contributed by atoms with Crippen molar-refractivity contribution in [2.24, 2.45) is 0 Å². The van der Waals surface area contributed by atoms with Gasteiger partial charge in [-0.25, -0.2) is 0 Å². The number of halogens is 1. The summed E-state index contributed by atoms with van der Waals surface area (Å²) in [4.78, 5) is 12.6. The van der Waals surface area contributed by atoms with Gasteiger partial charge in [0.25, 0.3) is 5.91 Å². The van der Waals surface area contributed by atoms with Gasteiger partial charge in [0.05, 0.1) is 19.4 Å². The second kappa shape index (κ2) is 10.2. The van der Waals surface area contributed by atoms with Crippen molar-refractivity contribution >= 4 is 29.3 Å². The number of hydrogen-bond donors (Lipinski definition) is 2. The molecule has 0 bridgehead atoms. The highest BCUT2D eigenvalue weighted by Gasteiger charge is 2.15. The molecule has 0 heterocycles. The lowest BCUT2D eigenvalue weighted by Gasteiger charge is -2.12. The number of allylic oxidation sites excluding steroid dienone is 1. The summed E-state index contributed by atoms with van der Waals surface area (Å²) in [5.74, 6) is 0.0729. The fourth-order valence-electron chi connectivity index (χ4n) is 2.63. The van der Waals surface area contributed by atoms with Gasteiger partial charge in [0.15, 0.2) is 11.5 Å². The number of hydrogen-bond acceptors (Lipinski definition) is 5. The normalized spacial score (nSPS) is 10.8. The summed E-state index contributed by atoms with van der Waals surface area (Å²) in [6.45, 7) is 5.82. The molecule has 2 aromatic rings. The predicted molar refractivity (Wildman–Crippen MR) is 113 cm³/mol. The van der Waals surface area contributed by atoms with Crippen molar-refractivity contribution in [2.45, 2.75) is 13.3 Å². The number of carbonyl (C=O) groups is 1. The number of anilines is 1. The highest BCUT2D eigenvalue weighted by atomic mass is 35.5. The molecule has 150 valence electrons. The monoisotopic (exact) mass is 412 g/mol. The van der Waals surface area contributed by atoms with Crippen LogP contribution in [0, 0.1) is 11.3 Å². The number of methoxy groups -OCH3 is 1. The minimum Gasteiger partial charge on any atom is -0.504 e. The van der Waals surface area contributed by atoms with E-state index in [1.54, 1.807) is 37.3 Å². The number of nitrogens with zero attached hydrogens (tertiary/aromatic N) is 1. The van der Waals surface area contributed by atoms with Crippen LogP contribution in [0.4, 0.5) is 5.69 Å². The van der Waals surface area contributed by atoms with Gasteiger partial charge < -0.3 is 19.9 Å². The van der Waals surface area contributed by atoms with E-state index in [9.17, 15) is 15.2 Å². The predicted octanol–water partition coefficient (Wildman–Crippen LogP) is 4.73. The van der Waals surface area contributed by atoms with Crippen molar-refractivity contribution in [1.82, 2.24) is 0 Å². The number of carbonyl (C=O) groups excluding carboxylic acids is 1. The summed E-state index contributed by atoms with van der Waals surface area (Å²) < 4.78 is 10.7. The lowest BCUT2D eigenvalue weighted by atomic mass is 10.0. The topological polar surface area (TPSA) is 91.6 Å². The largest absolute Gasteiger partial charge is 0.504 e. The maximum Gasteiger partial charge on any atom is 0.266 e. The van der Waals surface area contributed by atoms with Gasteiger partial charge in [0.2, 0.25) is 0 Å². The number of rotatable bonds is 8. The molecule has 0 spiro atoms. The molecule has 0 atom stereocenters. The average Bonchev–Trinajstić information content (AvgIpc) is 2.70. The molecule has 0 radical (unpaired) electrons. The van der Waals surface area contributed by atoms with Crippen LogP contribution in [0.2, 0.25) is 5.02 Å². The second-order valence-electron chi connectivity index (χ2n) is 5.92. The van der Waals surface area contributed by atoms with Crippen LogP contribution in [0.1, 0.15) is 18.1 Å². The molecule has 7 heteroatoms. The van der Waals surface area contributed by atoms with Crippen LogP contribution < -0.4 is 14.8 Å². The van der Waals surface area contributed by atoms with Crippen molar-refractivity contribution < 1.29 is 19.4 Å². The maximum absolute atomic E-state index is 12.6. The number of phenolic OH excluding ortho intramolecular Hbond substituents is 1. The maximum atomic E-state index is 12.6. The van der Waals surface area contributed by atoms with E-state index in [0.717, 1.165) is 0 Å². The van der Waals surface area contributed by atoms with Gasteiger partial charge in [-0.15, -0.1) is 6.58 Å². The fourth-order valence-corrected chi connectivity index (χ4v) is 2.80. The van der Waals surface area contributed by atoms with Gasteiger partial charge in [-0.05, 0) is 55.3 Å². The van der Waals surface area contributed by atoms with Crippen molar-refractivity contribution in [1.29, 1.82) is 5.26 Å². The van der Waals surface area contributed by atoms with E-state index in [1.165, 1.54) is 19.3 Å². The molecule has 1 amide bonds. The summed E-state index contributed by atoms with van der Waals surface area (Å²) in [5.41, 5.74) is 1.32. The Morgan fingerprint density at radius 2 is 2.10 bits per heavy atom. The van der Waals surface area contributed by atoms with Crippen molar-refractivity contribution in [3.63, 3.8) is 0 Å². The summed E-state index contributed by atoms with van der Waals surface area (Å²) in [6, 6.07) is 9.90. The van der Waals surface area contributed by atoms with Crippen molar-refractivity contribution in [2.75, 3.05) is 19.0 Å². The van der Waals surface area contributed by atoms with Crippen LogP contribution in [0.5, 0.6) is 17.2 Å². The summed E-state index contributed by atoms with van der Waals surface area (Å²) >= 11 is 5.98. The molecule has 29 heavy (non-hydrogen) atoms. The molecular weight excluding hydrogens is 392 g/mol. The molecule has 0 unspecified atom stereocenters. The van der Waals surface area contributed by atoms with E-state index in [-0.39, 0.29) is 17.1 Å². The van der Waals surface area contributed by atoms with Crippen molar-refractivity contribution in [3.8, 4) is 23.3 Å². The fraction of sp³-hybridized carbons (Fsp3) is 0.182. The number of aromatic hydroxyl groups is 1. The highest BCUT2D eigenvalue weighted by Crippen LogP contribution is 2.33. The molecule has 2 aromatic carbocycles. The molecule has 0 saturated heterocycles. The second-order valence-corrected chi connectivity index (χ2v) is 6.36. The summed E-state index contributed by atoms with van der Waals surface area (Å²) in [5, 5.41) is 22.8. The first-order valence-electron chi connectivity index (χ1n) is 8.79. The third kappa shape index (κ3) is 5.53. The first-order valence-corrected chi connectivity index (χ1v) is 9.17. The third-order valence-electron chi connectivity index (χ3n) is 3.93. The van der Waals surface area contributed by atoms with Gasteiger partial charge in [0.1, 0.15) is 17.4 Å². The zero-order valence-electron chi connectivity index (χ0n) is 16.2. The zero-order chi connectivity index (χ0) is 21.4. The van der Waals surface area contributed by atoms with Crippen LogP contribution in [0.25, 0.3) is 6.08 Å². The Hall–Kier alpha value is -3.43. The highest BCUT2D eigenvalue weighted by molar-refractivity contribution is 6.31. The minimum atomic E-state index is -0.621. The van der Waals surface area contributed by atoms with Gasteiger partial charge in [-0.3, -0.25) is 4.79 Å². The Morgan fingerprint density at radius 3 is 2.72 bits per heavy atom. The van der Waals surface area contributed by atoms with E-state index in [2.05, 4.69) is 11.9 Å². The Labute approximate surface area is 174 Å². The van der Waals surface area contributed by atoms with Crippen LogP contribution >= 0.6 is 11.6 Å². The first-order chi connectivity index (χ1) is 13.9. The Bertz CT molecular complexity index is 993. The zero-order valence-corrected chi connectivity index (χ0v) is 16.9. The van der Waals surface area contributed by atoms with Gasteiger partial charge in [0, 0.05) is 10.6 Å². The molecular formula is C22H21ClN2O4. The quantitative estimate of drug-likeness (QED) is 0.371. The number of nitriles is 1. The minimum absolute atomic E-state index is 0.00974. The van der Waals surface area contributed by atoms with Crippen molar-refractivity contribution in [3.05, 3.63) is 64.7 Å². The summed E-state index contributed by atoms with van der Waals surface area (Å²) in [6.07, 6.45) is 3.46. The lowest BCUT2D eigenvalue weighted by molar-refractivity contribution is -0.112. The molecule has 0 saturated carbocycles. The molecule has 0 fully saturated rings. The SMILES string of the molecule is C=CCc1cc(/C=C(\C#N)C(=O)Nc2cc(Cl)ccc2OC)cc(OCC)c1O. The smallest absolute Gasteiger partial charge is 0.266 e. The van der Waals surface area contributed by atoms with E-state index in [1.807, 2.05) is 6.07 Å². The molecule has 0 aliphatic heterocycles. The Balaban J connectivity index is 2.41.